The molecule has 1 aromatic rings. The van der Waals surface area contributed by atoms with Gasteiger partial charge in [-0.3, -0.25) is 0 Å². The molecule has 94 valence electrons. The third kappa shape index (κ3) is 2.90. The van der Waals surface area contributed by atoms with Crippen LogP contribution in [0.3, 0.4) is 0 Å². The van der Waals surface area contributed by atoms with Crippen molar-refractivity contribution in [2.75, 3.05) is 6.61 Å². The molecule has 0 bridgehead atoms. The summed E-state index contributed by atoms with van der Waals surface area (Å²) in [6.07, 6.45) is 1.94. The molecule has 1 aromatic carbocycles. The second-order valence-electron chi connectivity index (χ2n) is 4.67. The van der Waals surface area contributed by atoms with Gasteiger partial charge in [-0.2, -0.15) is 0 Å². The number of benzene rings is 1. The van der Waals surface area contributed by atoms with Crippen LogP contribution < -0.4 is 10.1 Å². The Morgan fingerprint density at radius 1 is 1.47 bits per heavy atom. The number of halogens is 2. The summed E-state index contributed by atoms with van der Waals surface area (Å²) in [6.45, 7) is 4.82. The summed E-state index contributed by atoms with van der Waals surface area (Å²) < 4.78 is 19.0. The molecular weight excluding hydrogens is 241 g/mol. The van der Waals surface area contributed by atoms with Gasteiger partial charge >= 0.3 is 0 Å². The van der Waals surface area contributed by atoms with Crippen molar-refractivity contribution in [3.8, 4) is 5.75 Å². The zero-order valence-corrected chi connectivity index (χ0v) is 10.9. The molecule has 0 spiro atoms. The van der Waals surface area contributed by atoms with E-state index in [0.717, 1.165) is 18.4 Å². The summed E-state index contributed by atoms with van der Waals surface area (Å²) in [6, 6.07) is 3.62. The zero-order valence-electron chi connectivity index (χ0n) is 10.1. The summed E-state index contributed by atoms with van der Waals surface area (Å²) in [5.41, 5.74) is 0.961. The molecule has 0 aromatic heterocycles. The Morgan fingerprint density at radius 3 is 2.94 bits per heavy atom. The van der Waals surface area contributed by atoms with Crippen LogP contribution in [0.4, 0.5) is 4.39 Å². The lowest BCUT2D eigenvalue weighted by Crippen LogP contribution is -2.27. The molecule has 1 aliphatic heterocycles. The van der Waals surface area contributed by atoms with Gasteiger partial charge in [-0.05, 0) is 18.9 Å². The van der Waals surface area contributed by atoms with E-state index in [1.807, 2.05) is 0 Å². The van der Waals surface area contributed by atoms with E-state index in [2.05, 4.69) is 19.2 Å². The van der Waals surface area contributed by atoms with Crippen LogP contribution in [0.5, 0.6) is 5.75 Å². The fourth-order valence-electron chi connectivity index (χ4n) is 2.14. The summed E-state index contributed by atoms with van der Waals surface area (Å²) in [5, 5.41) is 3.62. The Hall–Kier alpha value is -0.800. The van der Waals surface area contributed by atoms with Crippen molar-refractivity contribution in [1.82, 2.24) is 5.32 Å². The molecule has 2 rings (SSSR count). The van der Waals surface area contributed by atoms with E-state index in [1.165, 1.54) is 6.07 Å². The lowest BCUT2D eigenvalue weighted by Gasteiger charge is -2.21. The van der Waals surface area contributed by atoms with E-state index in [0.29, 0.717) is 18.4 Å². The van der Waals surface area contributed by atoms with Crippen LogP contribution in [-0.2, 0) is 0 Å². The highest BCUT2D eigenvalue weighted by Crippen LogP contribution is 2.35. The monoisotopic (exact) mass is 257 g/mol. The van der Waals surface area contributed by atoms with E-state index < -0.39 is 5.82 Å². The first-order valence-corrected chi connectivity index (χ1v) is 6.33. The van der Waals surface area contributed by atoms with Gasteiger partial charge in [0.05, 0.1) is 11.6 Å². The summed E-state index contributed by atoms with van der Waals surface area (Å²) in [4.78, 5) is 0. The fourth-order valence-corrected chi connectivity index (χ4v) is 2.31. The molecule has 1 N–H and O–H groups in total. The molecule has 17 heavy (non-hydrogen) atoms. The standard InChI is InChI=1S/C13H17ClFNO/c1-8(2)16-12-4-3-5-17-13-7-11(15)10(14)6-9(12)13/h6-8,12,16H,3-5H2,1-2H3. The van der Waals surface area contributed by atoms with Gasteiger partial charge in [0.1, 0.15) is 11.6 Å². The lowest BCUT2D eigenvalue weighted by molar-refractivity contribution is 0.313. The van der Waals surface area contributed by atoms with Crippen molar-refractivity contribution in [2.24, 2.45) is 0 Å². The minimum atomic E-state index is -0.421. The van der Waals surface area contributed by atoms with Crippen molar-refractivity contribution in [2.45, 2.75) is 38.8 Å². The van der Waals surface area contributed by atoms with Gasteiger partial charge < -0.3 is 10.1 Å². The molecule has 1 heterocycles. The Morgan fingerprint density at radius 2 is 2.24 bits per heavy atom. The number of fused-ring (bicyclic) bond motifs is 1. The van der Waals surface area contributed by atoms with Crippen molar-refractivity contribution >= 4 is 11.6 Å². The normalized spacial score (nSPS) is 19.7. The molecule has 4 heteroatoms. The van der Waals surface area contributed by atoms with Crippen molar-refractivity contribution in [3.05, 3.63) is 28.5 Å². The van der Waals surface area contributed by atoms with Gasteiger partial charge in [0.2, 0.25) is 0 Å². The number of ether oxygens (including phenoxy) is 1. The van der Waals surface area contributed by atoms with E-state index >= 15 is 0 Å². The molecular formula is C13H17ClFNO. The molecule has 0 amide bonds. The smallest absolute Gasteiger partial charge is 0.145 e. The number of hydrogen-bond donors (Lipinski definition) is 1. The highest BCUT2D eigenvalue weighted by molar-refractivity contribution is 6.30. The topological polar surface area (TPSA) is 21.3 Å². The van der Waals surface area contributed by atoms with Gasteiger partial charge in [-0.25, -0.2) is 4.39 Å². The first kappa shape index (κ1) is 12.7. The van der Waals surface area contributed by atoms with Crippen LogP contribution in [0.2, 0.25) is 5.02 Å². The molecule has 1 atom stereocenters. The number of rotatable bonds is 2. The number of hydrogen-bond acceptors (Lipinski definition) is 2. The molecule has 1 aliphatic rings. The van der Waals surface area contributed by atoms with Crippen molar-refractivity contribution in [3.63, 3.8) is 0 Å². The molecule has 0 aliphatic carbocycles. The zero-order chi connectivity index (χ0) is 12.4. The maximum atomic E-state index is 13.4. The molecule has 0 saturated carbocycles. The molecule has 0 radical (unpaired) electrons. The third-order valence-corrected chi connectivity index (χ3v) is 3.15. The fraction of sp³-hybridized carbons (Fsp3) is 0.538. The van der Waals surface area contributed by atoms with Crippen LogP contribution in [0.15, 0.2) is 12.1 Å². The van der Waals surface area contributed by atoms with Crippen LogP contribution >= 0.6 is 11.6 Å². The van der Waals surface area contributed by atoms with E-state index in [-0.39, 0.29) is 11.1 Å². The first-order valence-electron chi connectivity index (χ1n) is 5.95. The minimum Gasteiger partial charge on any atom is -0.493 e. The second-order valence-corrected chi connectivity index (χ2v) is 5.08. The molecule has 0 saturated heterocycles. The Labute approximate surface area is 106 Å². The highest BCUT2D eigenvalue weighted by atomic mass is 35.5. The Bertz CT molecular complexity index is 409. The van der Waals surface area contributed by atoms with Gasteiger partial charge in [0.15, 0.2) is 0 Å². The maximum Gasteiger partial charge on any atom is 0.145 e. The van der Waals surface area contributed by atoms with Crippen molar-refractivity contribution in [1.29, 1.82) is 0 Å². The predicted octanol–water partition coefficient (Wildman–Crippen LogP) is 3.69. The van der Waals surface area contributed by atoms with Crippen LogP contribution in [0.25, 0.3) is 0 Å². The summed E-state index contributed by atoms with van der Waals surface area (Å²) in [7, 11) is 0. The van der Waals surface area contributed by atoms with Crippen LogP contribution in [-0.4, -0.2) is 12.6 Å². The van der Waals surface area contributed by atoms with E-state index in [9.17, 15) is 4.39 Å². The molecule has 0 fully saturated rings. The summed E-state index contributed by atoms with van der Waals surface area (Å²) >= 11 is 5.84. The highest BCUT2D eigenvalue weighted by Gasteiger charge is 2.22. The van der Waals surface area contributed by atoms with E-state index in [1.54, 1.807) is 6.07 Å². The Kier molecular flexibility index (Phi) is 3.89. The molecule has 1 unspecified atom stereocenters. The average molecular weight is 258 g/mol. The van der Waals surface area contributed by atoms with Crippen LogP contribution in [0, 0.1) is 5.82 Å². The maximum absolute atomic E-state index is 13.4. The third-order valence-electron chi connectivity index (χ3n) is 2.86. The van der Waals surface area contributed by atoms with E-state index in [4.69, 9.17) is 16.3 Å². The largest absolute Gasteiger partial charge is 0.493 e. The van der Waals surface area contributed by atoms with Crippen LogP contribution in [0.1, 0.15) is 38.3 Å². The van der Waals surface area contributed by atoms with Gasteiger partial charge in [0, 0.05) is 23.7 Å². The van der Waals surface area contributed by atoms with Gasteiger partial charge in [-0.1, -0.05) is 25.4 Å². The van der Waals surface area contributed by atoms with Crippen molar-refractivity contribution < 1.29 is 9.13 Å². The van der Waals surface area contributed by atoms with Gasteiger partial charge in [0.25, 0.3) is 0 Å². The summed E-state index contributed by atoms with van der Waals surface area (Å²) in [5.74, 6) is 0.193. The predicted molar refractivity (Wildman–Crippen MR) is 67.2 cm³/mol. The second kappa shape index (κ2) is 5.23. The van der Waals surface area contributed by atoms with Gasteiger partial charge in [-0.15, -0.1) is 0 Å². The Balaban J connectivity index is 2.37. The minimum absolute atomic E-state index is 0.157. The quantitative estimate of drug-likeness (QED) is 0.873. The SMILES string of the molecule is CC(C)NC1CCCOc2cc(F)c(Cl)cc21. The number of nitrogens with one attached hydrogen (secondary N) is 1. The lowest BCUT2D eigenvalue weighted by atomic mass is 10.0. The molecule has 2 nitrogen and oxygen atoms in total. The first-order chi connectivity index (χ1) is 8.08. The average Bonchev–Trinajstić information content (AvgIpc) is 2.42.